The standard InChI is InChI=1S/C21H32O5/c1-11(22)12-5-7-21(26)14-8-16(23)15-9-17(24)18(25)10-19(15,2)13(14)4-6-20(12,21)3/h8,11-13,15,17-18,22,24-26H,4-7,9-10H2,1-3H3/t11?,12-,13+,15+,17-,18+,19-,20-,21-/m1/s1. The summed E-state index contributed by atoms with van der Waals surface area (Å²) in [7, 11) is 0. The third-order valence-electron chi connectivity index (χ3n) is 8.77. The minimum Gasteiger partial charge on any atom is -0.393 e. The molecular formula is C21H32O5. The molecule has 0 aromatic carbocycles. The van der Waals surface area contributed by atoms with Gasteiger partial charge in [0, 0.05) is 11.3 Å². The maximum Gasteiger partial charge on any atom is 0.159 e. The summed E-state index contributed by atoms with van der Waals surface area (Å²) in [4.78, 5) is 13.0. The van der Waals surface area contributed by atoms with Crippen molar-refractivity contribution >= 4 is 5.78 Å². The molecule has 0 saturated heterocycles. The summed E-state index contributed by atoms with van der Waals surface area (Å²) >= 11 is 0. The number of aliphatic hydroxyl groups excluding tert-OH is 3. The summed E-state index contributed by atoms with van der Waals surface area (Å²) in [5.41, 5.74) is -1.11. The van der Waals surface area contributed by atoms with Gasteiger partial charge < -0.3 is 20.4 Å². The monoisotopic (exact) mass is 364 g/mol. The van der Waals surface area contributed by atoms with Crippen LogP contribution >= 0.6 is 0 Å². The molecule has 4 rings (SSSR count). The zero-order valence-corrected chi connectivity index (χ0v) is 16.0. The van der Waals surface area contributed by atoms with Crippen molar-refractivity contribution in [1.82, 2.24) is 0 Å². The summed E-state index contributed by atoms with van der Waals surface area (Å²) in [6.45, 7) is 5.91. The first-order chi connectivity index (χ1) is 12.0. The predicted molar refractivity (Wildman–Crippen MR) is 96.1 cm³/mol. The van der Waals surface area contributed by atoms with Gasteiger partial charge in [0.05, 0.1) is 23.9 Å². The van der Waals surface area contributed by atoms with E-state index in [0.717, 1.165) is 24.8 Å². The molecule has 1 unspecified atom stereocenters. The van der Waals surface area contributed by atoms with Crippen LogP contribution in [0.2, 0.25) is 0 Å². The Hall–Kier alpha value is -0.750. The van der Waals surface area contributed by atoms with Crippen molar-refractivity contribution in [3.63, 3.8) is 0 Å². The first-order valence-corrected chi connectivity index (χ1v) is 10.1. The van der Waals surface area contributed by atoms with E-state index in [0.29, 0.717) is 19.3 Å². The normalized spacial score (nSPS) is 54.8. The summed E-state index contributed by atoms with van der Waals surface area (Å²) in [5, 5.41) is 42.4. The van der Waals surface area contributed by atoms with E-state index < -0.39 is 34.7 Å². The molecule has 0 amide bonds. The highest BCUT2D eigenvalue weighted by molar-refractivity contribution is 5.95. The zero-order valence-electron chi connectivity index (χ0n) is 16.0. The number of rotatable bonds is 1. The number of aliphatic hydroxyl groups is 4. The van der Waals surface area contributed by atoms with E-state index in [1.54, 1.807) is 13.0 Å². The number of carbonyl (C=O) groups excluding carboxylic acids is 1. The van der Waals surface area contributed by atoms with Gasteiger partial charge in [-0.1, -0.05) is 13.8 Å². The summed E-state index contributed by atoms with van der Waals surface area (Å²) < 4.78 is 0. The smallest absolute Gasteiger partial charge is 0.159 e. The first kappa shape index (κ1) is 18.6. The Morgan fingerprint density at radius 3 is 2.46 bits per heavy atom. The molecule has 26 heavy (non-hydrogen) atoms. The molecule has 4 N–H and O–H groups in total. The van der Waals surface area contributed by atoms with Crippen LogP contribution in [0.5, 0.6) is 0 Å². The summed E-state index contributed by atoms with van der Waals surface area (Å²) in [5.74, 6) is -0.258. The average molecular weight is 364 g/mol. The lowest BCUT2D eigenvalue weighted by Crippen LogP contribution is -2.61. The molecule has 4 aliphatic carbocycles. The fraction of sp³-hybridized carbons (Fsp3) is 0.857. The van der Waals surface area contributed by atoms with E-state index in [4.69, 9.17) is 0 Å². The van der Waals surface area contributed by atoms with Gasteiger partial charge in [-0.2, -0.15) is 0 Å². The highest BCUT2D eigenvalue weighted by Gasteiger charge is 2.66. The molecule has 0 radical (unpaired) electrons. The molecule has 146 valence electrons. The van der Waals surface area contributed by atoms with Crippen molar-refractivity contribution in [3.8, 4) is 0 Å². The zero-order chi connectivity index (χ0) is 19.1. The van der Waals surface area contributed by atoms with Crippen LogP contribution in [-0.4, -0.2) is 50.1 Å². The largest absolute Gasteiger partial charge is 0.393 e. The SMILES string of the molecule is CC(O)[C@H]1CC[C@@]2(O)C3=CC(=O)[C@@H]4C[C@@H](O)[C@@H](O)C[C@]4(C)[C@H]3CC[C@]12C. The maximum absolute atomic E-state index is 13.0. The minimum absolute atomic E-state index is 0.0220. The third kappa shape index (κ3) is 2.15. The van der Waals surface area contributed by atoms with Gasteiger partial charge in [-0.3, -0.25) is 4.79 Å². The molecule has 0 spiro atoms. The Labute approximate surface area is 155 Å². The predicted octanol–water partition coefficient (Wildman–Crippen LogP) is 1.57. The first-order valence-electron chi connectivity index (χ1n) is 10.1. The minimum atomic E-state index is -1.07. The van der Waals surface area contributed by atoms with E-state index in [9.17, 15) is 25.2 Å². The van der Waals surface area contributed by atoms with Crippen LogP contribution in [0.4, 0.5) is 0 Å². The van der Waals surface area contributed by atoms with Gasteiger partial charge in [0.2, 0.25) is 0 Å². The molecule has 0 bridgehead atoms. The van der Waals surface area contributed by atoms with Crippen molar-refractivity contribution in [1.29, 1.82) is 0 Å². The van der Waals surface area contributed by atoms with Crippen molar-refractivity contribution in [3.05, 3.63) is 11.6 Å². The Kier molecular flexibility index (Phi) is 4.03. The second kappa shape index (κ2) is 5.63. The van der Waals surface area contributed by atoms with Crippen LogP contribution < -0.4 is 0 Å². The Balaban J connectivity index is 1.79. The average Bonchev–Trinajstić information content (AvgIpc) is 2.83. The molecular weight excluding hydrogens is 332 g/mol. The van der Waals surface area contributed by atoms with Crippen LogP contribution in [0.3, 0.4) is 0 Å². The van der Waals surface area contributed by atoms with E-state index in [1.807, 2.05) is 0 Å². The van der Waals surface area contributed by atoms with E-state index in [1.165, 1.54) is 0 Å². The Morgan fingerprint density at radius 1 is 1.12 bits per heavy atom. The number of allylic oxidation sites excluding steroid dienone is 1. The fourth-order valence-electron chi connectivity index (χ4n) is 7.18. The molecule has 0 aliphatic heterocycles. The van der Waals surface area contributed by atoms with Gasteiger partial charge in [-0.05, 0) is 74.3 Å². The van der Waals surface area contributed by atoms with Gasteiger partial charge in [0.25, 0.3) is 0 Å². The van der Waals surface area contributed by atoms with E-state index >= 15 is 0 Å². The highest BCUT2D eigenvalue weighted by Crippen LogP contribution is 2.67. The quantitative estimate of drug-likeness (QED) is 0.566. The van der Waals surface area contributed by atoms with Gasteiger partial charge >= 0.3 is 0 Å². The molecule has 0 heterocycles. The lowest BCUT2D eigenvalue weighted by atomic mass is 9.46. The third-order valence-corrected chi connectivity index (χ3v) is 8.77. The number of fused-ring (bicyclic) bond motifs is 5. The van der Waals surface area contributed by atoms with Crippen LogP contribution in [0.25, 0.3) is 0 Å². The molecule has 5 nitrogen and oxygen atoms in total. The maximum atomic E-state index is 13.0. The molecule has 9 atom stereocenters. The molecule has 0 aromatic rings. The Bertz CT molecular complexity index is 657. The van der Waals surface area contributed by atoms with Crippen molar-refractivity contribution in [2.24, 2.45) is 28.6 Å². The number of ketones is 1. The second-order valence-corrected chi connectivity index (χ2v) is 9.89. The van der Waals surface area contributed by atoms with Gasteiger partial charge in [0.1, 0.15) is 0 Å². The summed E-state index contributed by atoms with van der Waals surface area (Å²) in [6, 6.07) is 0. The number of hydrogen-bond donors (Lipinski definition) is 4. The lowest BCUT2D eigenvalue weighted by molar-refractivity contribution is -0.154. The van der Waals surface area contributed by atoms with Crippen molar-refractivity contribution in [2.45, 2.75) is 83.2 Å². The van der Waals surface area contributed by atoms with Crippen LogP contribution in [0.1, 0.15) is 59.3 Å². The van der Waals surface area contributed by atoms with Crippen LogP contribution in [-0.2, 0) is 4.79 Å². The van der Waals surface area contributed by atoms with E-state index in [2.05, 4.69) is 13.8 Å². The molecule has 3 fully saturated rings. The number of hydrogen-bond acceptors (Lipinski definition) is 5. The second-order valence-electron chi connectivity index (χ2n) is 9.89. The molecule has 3 saturated carbocycles. The topological polar surface area (TPSA) is 98.0 Å². The van der Waals surface area contributed by atoms with Gasteiger partial charge in [-0.15, -0.1) is 0 Å². The van der Waals surface area contributed by atoms with Gasteiger partial charge in [-0.25, -0.2) is 0 Å². The Morgan fingerprint density at radius 2 is 1.81 bits per heavy atom. The molecule has 5 heteroatoms. The summed E-state index contributed by atoms with van der Waals surface area (Å²) in [6.07, 6.45) is 3.15. The molecule has 0 aromatic heterocycles. The van der Waals surface area contributed by atoms with Crippen molar-refractivity contribution < 1.29 is 25.2 Å². The van der Waals surface area contributed by atoms with Crippen LogP contribution in [0, 0.1) is 28.6 Å². The van der Waals surface area contributed by atoms with Crippen LogP contribution in [0.15, 0.2) is 11.6 Å². The molecule has 4 aliphatic rings. The fourth-order valence-corrected chi connectivity index (χ4v) is 7.18. The van der Waals surface area contributed by atoms with Crippen molar-refractivity contribution in [2.75, 3.05) is 0 Å². The van der Waals surface area contributed by atoms with Gasteiger partial charge in [0.15, 0.2) is 5.78 Å². The number of carbonyl (C=O) groups is 1. The van der Waals surface area contributed by atoms with E-state index in [-0.39, 0.29) is 23.5 Å². The highest BCUT2D eigenvalue weighted by atomic mass is 16.3. The lowest BCUT2D eigenvalue weighted by Gasteiger charge is -2.60.